The van der Waals surface area contributed by atoms with Gasteiger partial charge in [-0.3, -0.25) is 10.1 Å². The van der Waals surface area contributed by atoms with Gasteiger partial charge in [0.05, 0.1) is 22.6 Å². The van der Waals surface area contributed by atoms with Crippen LogP contribution < -0.4 is 5.73 Å². The van der Waals surface area contributed by atoms with Crippen molar-refractivity contribution in [2.45, 2.75) is 0 Å². The molecule has 1 aromatic heterocycles. The Bertz CT molecular complexity index is 653. The van der Waals surface area contributed by atoms with E-state index in [0.29, 0.717) is 23.1 Å². The van der Waals surface area contributed by atoms with Gasteiger partial charge in [-0.15, -0.1) is 0 Å². The van der Waals surface area contributed by atoms with Gasteiger partial charge in [0, 0.05) is 12.5 Å². The molecule has 6 nitrogen and oxygen atoms in total. The zero-order valence-electron chi connectivity index (χ0n) is 10.4. The van der Waals surface area contributed by atoms with Gasteiger partial charge >= 0.3 is 5.69 Å². The first kappa shape index (κ1) is 13.0. The average Bonchev–Trinajstić information content (AvgIpc) is 2.38. The number of para-hydroxylation sites is 1. The molecule has 1 heterocycles. The van der Waals surface area contributed by atoms with E-state index in [9.17, 15) is 10.1 Å². The number of ether oxygens (including phenoxy) is 1. The van der Waals surface area contributed by atoms with Crippen LogP contribution in [0.3, 0.4) is 0 Å². The Hall–Kier alpha value is -2.47. The number of aromatic nitrogens is 1. The van der Waals surface area contributed by atoms with Crippen molar-refractivity contribution in [3.05, 3.63) is 46.0 Å². The number of hydrogen-bond acceptors (Lipinski definition) is 5. The van der Waals surface area contributed by atoms with Gasteiger partial charge in [0.15, 0.2) is 0 Å². The quantitative estimate of drug-likeness (QED) is 0.672. The number of hydrogen-bond donors (Lipinski definition) is 1. The lowest BCUT2D eigenvalue weighted by Crippen LogP contribution is -2.02. The van der Waals surface area contributed by atoms with Crippen molar-refractivity contribution in [1.82, 2.24) is 4.98 Å². The number of nitro groups is 1. The maximum absolute atomic E-state index is 11.1. The van der Waals surface area contributed by atoms with Crippen LogP contribution in [0.25, 0.3) is 17.0 Å². The molecule has 0 aliphatic rings. The number of nitrogens with zero attached hydrogens (tertiary/aromatic N) is 2. The number of nitrogen functional groups attached to an aromatic ring is 1. The number of anilines is 1. The summed E-state index contributed by atoms with van der Waals surface area (Å²) in [5, 5.41) is 11.8. The Balaban J connectivity index is 2.73. The standard InChI is InChI=1S/C13H13N3O3/c1-19-8-4-6-10-9-5-2-3-7-11(9)15-13(14)12(10)16(17)18/h2-7H,8H2,1H3,(H2,14,15)/b6-4+. The topological polar surface area (TPSA) is 91.3 Å². The molecule has 1 aromatic carbocycles. The lowest BCUT2D eigenvalue weighted by molar-refractivity contribution is -0.384. The fourth-order valence-electron chi connectivity index (χ4n) is 1.87. The van der Waals surface area contributed by atoms with Crippen molar-refractivity contribution in [2.24, 2.45) is 0 Å². The van der Waals surface area contributed by atoms with Crippen molar-refractivity contribution >= 4 is 28.5 Å². The van der Waals surface area contributed by atoms with Crippen LogP contribution >= 0.6 is 0 Å². The smallest absolute Gasteiger partial charge is 0.318 e. The molecule has 6 heteroatoms. The van der Waals surface area contributed by atoms with E-state index in [0.717, 1.165) is 0 Å². The molecule has 0 saturated carbocycles. The predicted molar refractivity (Wildman–Crippen MR) is 73.7 cm³/mol. The highest BCUT2D eigenvalue weighted by Gasteiger charge is 2.20. The van der Waals surface area contributed by atoms with Crippen LogP contribution in [0, 0.1) is 10.1 Å². The molecule has 0 bridgehead atoms. The maximum atomic E-state index is 11.1. The predicted octanol–water partition coefficient (Wildman–Crippen LogP) is 2.38. The Morgan fingerprint density at radius 3 is 2.89 bits per heavy atom. The fraction of sp³-hybridized carbons (Fsp3) is 0.154. The summed E-state index contributed by atoms with van der Waals surface area (Å²) in [6.45, 7) is 0.369. The number of benzene rings is 1. The monoisotopic (exact) mass is 259 g/mol. The van der Waals surface area contributed by atoms with Crippen molar-refractivity contribution in [2.75, 3.05) is 19.5 Å². The number of fused-ring (bicyclic) bond motifs is 1. The van der Waals surface area contributed by atoms with Crippen LogP contribution in [0.5, 0.6) is 0 Å². The summed E-state index contributed by atoms with van der Waals surface area (Å²) in [4.78, 5) is 14.7. The van der Waals surface area contributed by atoms with Gasteiger partial charge in [-0.2, -0.15) is 0 Å². The first-order chi connectivity index (χ1) is 9.15. The second-order valence-electron chi connectivity index (χ2n) is 3.89. The Kier molecular flexibility index (Phi) is 3.72. The second-order valence-corrected chi connectivity index (χ2v) is 3.89. The lowest BCUT2D eigenvalue weighted by Gasteiger charge is -2.05. The minimum atomic E-state index is -0.513. The molecule has 0 fully saturated rings. The molecule has 2 N–H and O–H groups in total. The molecule has 0 radical (unpaired) electrons. The van der Waals surface area contributed by atoms with Crippen LogP contribution in [-0.4, -0.2) is 23.6 Å². The summed E-state index contributed by atoms with van der Waals surface area (Å²) in [5.41, 5.74) is 6.58. The fourth-order valence-corrected chi connectivity index (χ4v) is 1.87. The van der Waals surface area contributed by atoms with E-state index in [1.54, 1.807) is 37.5 Å². The molecular weight excluding hydrogens is 246 g/mol. The summed E-state index contributed by atoms with van der Waals surface area (Å²) in [6.07, 6.45) is 3.34. The molecule has 0 atom stereocenters. The number of pyridine rings is 1. The van der Waals surface area contributed by atoms with Crippen molar-refractivity contribution in [1.29, 1.82) is 0 Å². The third-order valence-corrected chi connectivity index (χ3v) is 2.66. The summed E-state index contributed by atoms with van der Waals surface area (Å²) >= 11 is 0. The SMILES string of the molecule is COC/C=C/c1c([N+](=O)[O-])c(N)nc2ccccc12. The number of methoxy groups -OCH3 is 1. The van der Waals surface area contributed by atoms with E-state index >= 15 is 0 Å². The van der Waals surface area contributed by atoms with Crippen molar-refractivity contribution in [3.63, 3.8) is 0 Å². The molecular formula is C13H13N3O3. The van der Waals surface area contributed by atoms with Crippen LogP contribution in [-0.2, 0) is 4.74 Å². The highest BCUT2D eigenvalue weighted by atomic mass is 16.6. The second kappa shape index (κ2) is 5.45. The normalized spacial score (nSPS) is 11.2. The largest absolute Gasteiger partial charge is 0.381 e. The molecule has 0 amide bonds. The van der Waals surface area contributed by atoms with Gasteiger partial charge in [-0.05, 0) is 12.1 Å². The first-order valence-electron chi connectivity index (χ1n) is 5.63. The minimum Gasteiger partial charge on any atom is -0.381 e. The first-order valence-corrected chi connectivity index (χ1v) is 5.63. The average molecular weight is 259 g/mol. The van der Waals surface area contributed by atoms with Crippen molar-refractivity contribution < 1.29 is 9.66 Å². The maximum Gasteiger partial charge on any atom is 0.318 e. The van der Waals surface area contributed by atoms with E-state index in [1.165, 1.54) is 0 Å². The van der Waals surface area contributed by atoms with Crippen LogP contribution in [0.2, 0.25) is 0 Å². The van der Waals surface area contributed by atoms with E-state index < -0.39 is 4.92 Å². The van der Waals surface area contributed by atoms with E-state index in [4.69, 9.17) is 10.5 Å². The van der Waals surface area contributed by atoms with E-state index in [2.05, 4.69) is 4.98 Å². The summed E-state index contributed by atoms with van der Waals surface area (Å²) in [6, 6.07) is 7.16. The summed E-state index contributed by atoms with van der Waals surface area (Å²) < 4.78 is 4.90. The van der Waals surface area contributed by atoms with E-state index in [-0.39, 0.29) is 11.5 Å². The molecule has 0 saturated heterocycles. The van der Waals surface area contributed by atoms with Crippen LogP contribution in [0.15, 0.2) is 30.3 Å². The van der Waals surface area contributed by atoms with Crippen LogP contribution in [0.4, 0.5) is 11.5 Å². The Morgan fingerprint density at radius 2 is 2.21 bits per heavy atom. The van der Waals surface area contributed by atoms with Gasteiger partial charge in [0.25, 0.3) is 0 Å². The number of rotatable bonds is 4. The Labute approximate surface area is 109 Å². The molecule has 0 unspecified atom stereocenters. The van der Waals surface area contributed by atoms with Crippen LogP contribution in [0.1, 0.15) is 5.56 Å². The van der Waals surface area contributed by atoms with Gasteiger partial charge in [-0.25, -0.2) is 4.98 Å². The molecule has 98 valence electrons. The van der Waals surface area contributed by atoms with Gasteiger partial charge < -0.3 is 10.5 Å². The van der Waals surface area contributed by atoms with Gasteiger partial charge in [-0.1, -0.05) is 24.3 Å². The minimum absolute atomic E-state index is 0.0826. The van der Waals surface area contributed by atoms with Gasteiger partial charge in [0.1, 0.15) is 0 Å². The van der Waals surface area contributed by atoms with E-state index in [1.807, 2.05) is 6.07 Å². The number of nitrogens with two attached hydrogens (primary N) is 1. The van der Waals surface area contributed by atoms with Gasteiger partial charge in [0.2, 0.25) is 5.82 Å². The third kappa shape index (κ3) is 2.53. The molecule has 0 aliphatic heterocycles. The molecule has 2 rings (SSSR count). The molecule has 0 aliphatic carbocycles. The zero-order chi connectivity index (χ0) is 13.8. The van der Waals surface area contributed by atoms with Crippen molar-refractivity contribution in [3.8, 4) is 0 Å². The molecule has 19 heavy (non-hydrogen) atoms. The summed E-state index contributed by atoms with van der Waals surface area (Å²) in [7, 11) is 1.55. The highest BCUT2D eigenvalue weighted by Crippen LogP contribution is 2.32. The lowest BCUT2D eigenvalue weighted by atomic mass is 10.1. The molecule has 0 spiro atoms. The summed E-state index contributed by atoms with van der Waals surface area (Å²) in [5.74, 6) is -0.0826. The highest BCUT2D eigenvalue weighted by molar-refractivity contribution is 5.94. The Morgan fingerprint density at radius 1 is 1.47 bits per heavy atom. The zero-order valence-corrected chi connectivity index (χ0v) is 10.4. The molecule has 2 aromatic rings. The third-order valence-electron chi connectivity index (χ3n) is 2.66.